The van der Waals surface area contributed by atoms with Crippen LogP contribution in [0.3, 0.4) is 0 Å². The number of carboxylic acids is 1. The zero-order valence-corrected chi connectivity index (χ0v) is 7.23. The van der Waals surface area contributed by atoms with Gasteiger partial charge in [0.2, 0.25) is 0 Å². The van der Waals surface area contributed by atoms with Gasteiger partial charge in [0.1, 0.15) is 6.54 Å². The Morgan fingerprint density at radius 2 is 2.08 bits per heavy atom. The molecule has 3 N–H and O–H groups in total. The number of hydrogen-bond donors (Lipinski definition) is 2. The highest BCUT2D eigenvalue weighted by molar-refractivity contribution is 5.72. The van der Waals surface area contributed by atoms with Crippen LogP contribution in [0.25, 0.3) is 0 Å². The van der Waals surface area contributed by atoms with Gasteiger partial charge >= 0.3 is 5.97 Å². The standard InChI is InChI=1S/C10H11NO2/c12-10(13)9-5-7-3-1-2-4-8(7)6-11-9/h1-4,9,11H,5-6H2,(H,12,13)/p+1. The Hall–Kier alpha value is -1.35. The third-order valence-corrected chi connectivity index (χ3v) is 2.50. The summed E-state index contributed by atoms with van der Waals surface area (Å²) < 4.78 is 0. The number of carboxylic acid groups (broad SMARTS) is 1. The molecule has 1 aliphatic rings. The van der Waals surface area contributed by atoms with Gasteiger partial charge in [0, 0.05) is 12.0 Å². The van der Waals surface area contributed by atoms with Gasteiger partial charge in [-0.15, -0.1) is 0 Å². The average molecular weight is 178 g/mol. The zero-order valence-electron chi connectivity index (χ0n) is 7.23. The van der Waals surface area contributed by atoms with Gasteiger partial charge in [-0.1, -0.05) is 24.3 Å². The number of nitrogens with two attached hydrogens (primary N) is 1. The molecule has 0 amide bonds. The lowest BCUT2D eigenvalue weighted by Gasteiger charge is -2.19. The Morgan fingerprint density at radius 1 is 1.38 bits per heavy atom. The molecule has 3 nitrogen and oxygen atoms in total. The number of hydrogen-bond acceptors (Lipinski definition) is 1. The highest BCUT2D eigenvalue weighted by atomic mass is 16.4. The van der Waals surface area contributed by atoms with Gasteiger partial charge in [0.25, 0.3) is 0 Å². The van der Waals surface area contributed by atoms with Crippen molar-refractivity contribution < 1.29 is 15.2 Å². The first kappa shape index (κ1) is 8.26. The van der Waals surface area contributed by atoms with Crippen LogP contribution >= 0.6 is 0 Å². The molecule has 1 aromatic rings. The maximum Gasteiger partial charge on any atom is 0.362 e. The van der Waals surface area contributed by atoms with Gasteiger partial charge in [-0.2, -0.15) is 0 Å². The first-order valence-electron chi connectivity index (χ1n) is 4.40. The van der Waals surface area contributed by atoms with Gasteiger partial charge < -0.3 is 10.4 Å². The maximum absolute atomic E-state index is 10.7. The fourth-order valence-electron chi connectivity index (χ4n) is 1.73. The molecule has 0 fully saturated rings. The molecule has 0 spiro atoms. The average Bonchev–Trinajstić information content (AvgIpc) is 2.17. The molecule has 0 saturated carbocycles. The summed E-state index contributed by atoms with van der Waals surface area (Å²) in [7, 11) is 0. The van der Waals surface area contributed by atoms with E-state index in [4.69, 9.17) is 5.11 Å². The van der Waals surface area contributed by atoms with Crippen LogP contribution in [0.2, 0.25) is 0 Å². The van der Waals surface area contributed by atoms with Crippen LogP contribution in [0.1, 0.15) is 11.1 Å². The summed E-state index contributed by atoms with van der Waals surface area (Å²) >= 11 is 0. The topological polar surface area (TPSA) is 53.9 Å². The molecule has 2 rings (SSSR count). The molecule has 1 heterocycles. The Kier molecular flexibility index (Phi) is 2.02. The molecule has 1 aromatic carbocycles. The van der Waals surface area contributed by atoms with Crippen molar-refractivity contribution in [1.29, 1.82) is 0 Å². The van der Waals surface area contributed by atoms with Crippen LogP contribution in [-0.4, -0.2) is 17.1 Å². The summed E-state index contributed by atoms with van der Waals surface area (Å²) in [6.45, 7) is 0.785. The van der Waals surface area contributed by atoms with E-state index >= 15 is 0 Å². The first-order valence-corrected chi connectivity index (χ1v) is 4.40. The molecule has 1 atom stereocenters. The Labute approximate surface area is 76.4 Å². The number of quaternary nitrogens is 1. The summed E-state index contributed by atoms with van der Waals surface area (Å²) in [5, 5.41) is 10.7. The quantitative estimate of drug-likeness (QED) is 0.623. The number of fused-ring (bicyclic) bond motifs is 1. The van der Waals surface area contributed by atoms with Gasteiger partial charge in [-0.25, -0.2) is 4.79 Å². The third kappa shape index (κ3) is 1.55. The molecule has 0 aliphatic carbocycles. The third-order valence-electron chi connectivity index (χ3n) is 2.50. The maximum atomic E-state index is 10.7. The van der Waals surface area contributed by atoms with Crippen LogP contribution in [0.15, 0.2) is 24.3 Å². The molecular formula is C10H12NO2+. The van der Waals surface area contributed by atoms with Crippen molar-refractivity contribution >= 4 is 5.97 Å². The molecule has 1 aliphatic heterocycles. The van der Waals surface area contributed by atoms with Crippen LogP contribution in [-0.2, 0) is 17.8 Å². The van der Waals surface area contributed by atoms with E-state index in [-0.39, 0.29) is 6.04 Å². The van der Waals surface area contributed by atoms with Crippen molar-refractivity contribution in [2.24, 2.45) is 0 Å². The number of carbonyl (C=O) groups is 1. The van der Waals surface area contributed by atoms with E-state index in [0.717, 1.165) is 6.54 Å². The number of aliphatic carboxylic acids is 1. The lowest BCUT2D eigenvalue weighted by molar-refractivity contribution is -0.696. The van der Waals surface area contributed by atoms with E-state index in [2.05, 4.69) is 6.07 Å². The van der Waals surface area contributed by atoms with E-state index in [1.165, 1.54) is 11.1 Å². The van der Waals surface area contributed by atoms with Crippen molar-refractivity contribution in [3.8, 4) is 0 Å². The Morgan fingerprint density at radius 3 is 2.77 bits per heavy atom. The van der Waals surface area contributed by atoms with Crippen LogP contribution in [0.5, 0.6) is 0 Å². The molecule has 3 heteroatoms. The van der Waals surface area contributed by atoms with Gasteiger partial charge in [-0.3, -0.25) is 0 Å². The fourth-order valence-corrected chi connectivity index (χ4v) is 1.73. The summed E-state index contributed by atoms with van der Waals surface area (Å²) in [5.74, 6) is -0.713. The predicted molar refractivity (Wildman–Crippen MR) is 47.2 cm³/mol. The monoisotopic (exact) mass is 178 g/mol. The molecule has 0 aromatic heterocycles. The lowest BCUT2D eigenvalue weighted by Crippen LogP contribution is -2.92. The number of rotatable bonds is 1. The van der Waals surface area contributed by atoms with Crippen molar-refractivity contribution in [2.75, 3.05) is 0 Å². The van der Waals surface area contributed by atoms with E-state index in [1.807, 2.05) is 23.5 Å². The highest BCUT2D eigenvalue weighted by Crippen LogP contribution is 2.12. The van der Waals surface area contributed by atoms with Crippen molar-refractivity contribution in [3.05, 3.63) is 35.4 Å². The molecule has 13 heavy (non-hydrogen) atoms. The van der Waals surface area contributed by atoms with Gasteiger partial charge in [0.15, 0.2) is 6.04 Å². The molecule has 68 valence electrons. The van der Waals surface area contributed by atoms with Gasteiger partial charge in [-0.05, 0) is 5.56 Å². The Balaban J connectivity index is 2.24. The smallest absolute Gasteiger partial charge is 0.362 e. The zero-order chi connectivity index (χ0) is 9.26. The van der Waals surface area contributed by atoms with Gasteiger partial charge in [0.05, 0.1) is 0 Å². The van der Waals surface area contributed by atoms with E-state index in [9.17, 15) is 4.79 Å². The van der Waals surface area contributed by atoms with E-state index in [0.29, 0.717) is 6.42 Å². The highest BCUT2D eigenvalue weighted by Gasteiger charge is 2.26. The normalized spacial score (nSPS) is 20.8. The second kappa shape index (κ2) is 3.18. The number of benzene rings is 1. The summed E-state index contributed by atoms with van der Waals surface area (Å²) in [4.78, 5) is 10.7. The van der Waals surface area contributed by atoms with Crippen molar-refractivity contribution in [3.63, 3.8) is 0 Å². The molecule has 0 saturated heterocycles. The van der Waals surface area contributed by atoms with Crippen LogP contribution in [0.4, 0.5) is 0 Å². The molecular weight excluding hydrogens is 166 g/mol. The van der Waals surface area contributed by atoms with Crippen LogP contribution in [0, 0.1) is 0 Å². The Bertz CT molecular complexity index is 335. The lowest BCUT2D eigenvalue weighted by atomic mass is 9.96. The van der Waals surface area contributed by atoms with Crippen molar-refractivity contribution in [2.45, 2.75) is 19.0 Å². The second-order valence-electron chi connectivity index (χ2n) is 3.36. The first-order chi connectivity index (χ1) is 6.27. The predicted octanol–water partition coefficient (Wildman–Crippen LogP) is -0.241. The van der Waals surface area contributed by atoms with Crippen LogP contribution < -0.4 is 5.32 Å². The SMILES string of the molecule is O=C(O)C1Cc2ccccc2C[NH2+]1. The molecule has 0 bridgehead atoms. The summed E-state index contributed by atoms with van der Waals surface area (Å²) in [5.41, 5.74) is 2.44. The largest absolute Gasteiger partial charge is 0.477 e. The summed E-state index contributed by atoms with van der Waals surface area (Å²) in [6, 6.07) is 7.73. The minimum absolute atomic E-state index is 0.296. The molecule has 1 unspecified atom stereocenters. The molecule has 0 radical (unpaired) electrons. The second-order valence-corrected chi connectivity index (χ2v) is 3.36. The summed E-state index contributed by atoms with van der Waals surface area (Å²) in [6.07, 6.45) is 0.644. The fraction of sp³-hybridized carbons (Fsp3) is 0.300. The minimum Gasteiger partial charge on any atom is -0.477 e. The minimum atomic E-state index is -0.713. The van der Waals surface area contributed by atoms with E-state index < -0.39 is 5.97 Å². The van der Waals surface area contributed by atoms with Crippen molar-refractivity contribution in [1.82, 2.24) is 0 Å². The van der Waals surface area contributed by atoms with E-state index in [1.54, 1.807) is 0 Å².